The second kappa shape index (κ2) is 7.66. The lowest BCUT2D eigenvalue weighted by Crippen LogP contribution is -2.27. The number of amides is 1. The molecular weight excluding hydrogens is 288 g/mol. The molecule has 2 aromatic rings. The molecule has 0 saturated heterocycles. The molecule has 0 radical (unpaired) electrons. The maximum Gasteiger partial charge on any atom is 0.222 e. The zero-order valence-corrected chi connectivity index (χ0v) is 11.9. The second-order valence-electron chi connectivity index (χ2n) is 4.97. The number of aliphatic hydroxyl groups excluding tert-OH is 1. The Hall–Kier alpha value is -2.27. The summed E-state index contributed by atoms with van der Waals surface area (Å²) in [6.45, 7) is 0.273. The molecule has 0 heterocycles. The number of aliphatic hydroxyl groups is 1. The average Bonchev–Trinajstić information content (AvgIpc) is 2.49. The molecule has 2 N–H and O–H groups in total. The number of hydrogen-bond acceptors (Lipinski definition) is 2. The van der Waals surface area contributed by atoms with E-state index >= 15 is 0 Å². The lowest BCUT2D eigenvalue weighted by molar-refractivity contribution is -0.123. The quantitative estimate of drug-likeness (QED) is 0.862. The molecule has 3 nitrogen and oxygen atoms in total. The molecular formula is C17H17F2NO2. The molecule has 1 amide bonds. The summed E-state index contributed by atoms with van der Waals surface area (Å²) in [5.41, 5.74) is 0.873. The molecule has 1 unspecified atom stereocenters. The Bertz CT molecular complexity index is 646. The smallest absolute Gasteiger partial charge is 0.222 e. The molecule has 1 atom stereocenters. The Kier molecular flexibility index (Phi) is 5.61. The van der Waals surface area contributed by atoms with E-state index in [-0.39, 0.29) is 24.7 Å². The van der Waals surface area contributed by atoms with E-state index in [1.807, 2.05) is 0 Å². The van der Waals surface area contributed by atoms with Gasteiger partial charge < -0.3 is 10.4 Å². The van der Waals surface area contributed by atoms with Gasteiger partial charge in [0.1, 0.15) is 11.6 Å². The number of nitrogens with one attached hydrogen (secondary N) is 1. The van der Waals surface area contributed by atoms with Crippen LogP contribution in [0.3, 0.4) is 0 Å². The fraction of sp³-hybridized carbons (Fsp3) is 0.235. The first-order valence-corrected chi connectivity index (χ1v) is 7.00. The summed E-state index contributed by atoms with van der Waals surface area (Å²) >= 11 is 0. The minimum Gasteiger partial charge on any atom is -0.388 e. The van der Waals surface area contributed by atoms with Gasteiger partial charge in [-0.2, -0.15) is 0 Å². The van der Waals surface area contributed by atoms with E-state index in [2.05, 4.69) is 5.32 Å². The van der Waals surface area contributed by atoms with E-state index in [1.54, 1.807) is 24.3 Å². The Labute approximate surface area is 127 Å². The largest absolute Gasteiger partial charge is 0.388 e. The third kappa shape index (κ3) is 4.63. The van der Waals surface area contributed by atoms with Crippen molar-refractivity contribution in [1.82, 2.24) is 5.32 Å². The van der Waals surface area contributed by atoms with Crippen molar-refractivity contribution in [2.24, 2.45) is 0 Å². The molecule has 0 fully saturated rings. The van der Waals surface area contributed by atoms with Crippen molar-refractivity contribution >= 4 is 5.91 Å². The van der Waals surface area contributed by atoms with E-state index < -0.39 is 11.9 Å². The van der Waals surface area contributed by atoms with E-state index in [0.717, 1.165) is 0 Å². The van der Waals surface area contributed by atoms with Crippen LogP contribution in [-0.2, 0) is 11.2 Å². The third-order valence-corrected chi connectivity index (χ3v) is 3.29. The van der Waals surface area contributed by atoms with Crippen LogP contribution in [0, 0.1) is 11.6 Å². The summed E-state index contributed by atoms with van der Waals surface area (Å²) < 4.78 is 26.4. The number of carbonyl (C=O) groups is 1. The number of rotatable bonds is 6. The van der Waals surface area contributed by atoms with Crippen LogP contribution in [0.15, 0.2) is 48.5 Å². The van der Waals surface area contributed by atoms with Gasteiger partial charge in [-0.3, -0.25) is 4.79 Å². The van der Waals surface area contributed by atoms with Gasteiger partial charge in [0, 0.05) is 6.54 Å². The zero-order chi connectivity index (χ0) is 15.9. The van der Waals surface area contributed by atoms with E-state index in [4.69, 9.17) is 0 Å². The van der Waals surface area contributed by atoms with E-state index in [0.29, 0.717) is 17.5 Å². The zero-order valence-electron chi connectivity index (χ0n) is 11.9. The third-order valence-electron chi connectivity index (χ3n) is 3.29. The summed E-state index contributed by atoms with van der Waals surface area (Å²) in [6.07, 6.45) is -0.862. The highest BCUT2D eigenvalue weighted by molar-refractivity contribution is 5.76. The van der Waals surface area contributed by atoms with Gasteiger partial charge in [-0.25, -0.2) is 8.78 Å². The maximum atomic E-state index is 13.4. The average molecular weight is 305 g/mol. The van der Waals surface area contributed by atoms with Crippen LogP contribution in [0.2, 0.25) is 0 Å². The molecule has 0 aliphatic heterocycles. The molecule has 0 saturated carbocycles. The van der Waals surface area contributed by atoms with Gasteiger partial charge in [0.2, 0.25) is 5.91 Å². The van der Waals surface area contributed by atoms with Crippen LogP contribution >= 0.6 is 0 Å². The predicted molar refractivity (Wildman–Crippen MR) is 79.1 cm³/mol. The molecule has 0 spiro atoms. The van der Waals surface area contributed by atoms with Crippen molar-refractivity contribution in [3.05, 3.63) is 71.3 Å². The van der Waals surface area contributed by atoms with Crippen LogP contribution < -0.4 is 5.32 Å². The van der Waals surface area contributed by atoms with Crippen LogP contribution in [0.4, 0.5) is 8.78 Å². The molecule has 22 heavy (non-hydrogen) atoms. The van der Waals surface area contributed by atoms with Crippen molar-refractivity contribution < 1.29 is 18.7 Å². The number of hydrogen-bond donors (Lipinski definition) is 2. The fourth-order valence-corrected chi connectivity index (χ4v) is 2.12. The van der Waals surface area contributed by atoms with E-state index in [9.17, 15) is 18.7 Å². The Morgan fingerprint density at radius 3 is 2.64 bits per heavy atom. The van der Waals surface area contributed by atoms with Crippen molar-refractivity contribution in [3.8, 4) is 0 Å². The molecule has 0 aliphatic carbocycles. The monoisotopic (exact) mass is 305 g/mol. The lowest BCUT2D eigenvalue weighted by atomic mass is 10.1. The summed E-state index contributed by atoms with van der Waals surface area (Å²) in [7, 11) is 0. The highest BCUT2D eigenvalue weighted by Gasteiger charge is 2.13. The van der Waals surface area contributed by atoms with Crippen molar-refractivity contribution in [2.45, 2.75) is 18.9 Å². The normalized spacial score (nSPS) is 12.0. The summed E-state index contributed by atoms with van der Waals surface area (Å²) in [6, 6.07) is 11.8. The van der Waals surface area contributed by atoms with Crippen LogP contribution in [0.1, 0.15) is 23.7 Å². The standard InChI is InChI=1S/C17H17F2NO2/c18-14-6-3-5-13(10-14)16(21)11-17(22)20-9-8-12-4-1-2-7-15(12)19/h1-7,10,16,21H,8-9,11H2,(H,20,22). The van der Waals surface area contributed by atoms with Gasteiger partial charge in [0.25, 0.3) is 0 Å². The number of carbonyl (C=O) groups excluding carboxylic acids is 1. The predicted octanol–water partition coefficient (Wildman–Crippen LogP) is 2.75. The molecule has 0 bridgehead atoms. The van der Waals surface area contributed by atoms with Crippen LogP contribution in [0.25, 0.3) is 0 Å². The fourth-order valence-electron chi connectivity index (χ4n) is 2.12. The molecule has 0 aliphatic rings. The van der Waals surface area contributed by atoms with Gasteiger partial charge in [0.05, 0.1) is 12.5 Å². The van der Waals surface area contributed by atoms with Gasteiger partial charge in [0.15, 0.2) is 0 Å². The first kappa shape index (κ1) is 16.1. The molecule has 5 heteroatoms. The molecule has 116 valence electrons. The minimum atomic E-state index is -1.07. The Balaban J connectivity index is 1.79. The van der Waals surface area contributed by atoms with Crippen molar-refractivity contribution in [1.29, 1.82) is 0 Å². The van der Waals surface area contributed by atoms with E-state index in [1.165, 1.54) is 24.3 Å². The lowest BCUT2D eigenvalue weighted by Gasteiger charge is -2.11. The number of halogens is 2. The van der Waals surface area contributed by atoms with Gasteiger partial charge in [-0.15, -0.1) is 0 Å². The highest BCUT2D eigenvalue weighted by atomic mass is 19.1. The van der Waals surface area contributed by atoms with Crippen molar-refractivity contribution in [3.63, 3.8) is 0 Å². The van der Waals surface area contributed by atoms with Gasteiger partial charge >= 0.3 is 0 Å². The molecule has 0 aromatic heterocycles. The topological polar surface area (TPSA) is 49.3 Å². The van der Waals surface area contributed by atoms with Gasteiger partial charge in [-0.05, 0) is 35.7 Å². The first-order chi connectivity index (χ1) is 10.6. The molecule has 2 rings (SSSR count). The first-order valence-electron chi connectivity index (χ1n) is 7.00. The maximum absolute atomic E-state index is 13.4. The summed E-state index contributed by atoms with van der Waals surface area (Å²) in [4.78, 5) is 11.7. The SMILES string of the molecule is O=C(CC(O)c1cccc(F)c1)NCCc1ccccc1F. The minimum absolute atomic E-state index is 0.166. The summed E-state index contributed by atoms with van der Waals surface area (Å²) in [5, 5.41) is 12.5. The highest BCUT2D eigenvalue weighted by Crippen LogP contribution is 2.17. The Morgan fingerprint density at radius 2 is 1.91 bits per heavy atom. The Morgan fingerprint density at radius 1 is 1.14 bits per heavy atom. The van der Waals surface area contributed by atoms with Crippen LogP contribution in [0.5, 0.6) is 0 Å². The van der Waals surface area contributed by atoms with Crippen LogP contribution in [-0.4, -0.2) is 17.6 Å². The number of benzene rings is 2. The van der Waals surface area contributed by atoms with Crippen molar-refractivity contribution in [2.75, 3.05) is 6.54 Å². The second-order valence-corrected chi connectivity index (χ2v) is 4.97. The summed E-state index contributed by atoms with van der Waals surface area (Å²) in [5.74, 6) is -1.14. The molecule has 2 aromatic carbocycles. The van der Waals surface area contributed by atoms with Gasteiger partial charge in [-0.1, -0.05) is 30.3 Å².